The first kappa shape index (κ1) is 19.2. The maximum Gasteiger partial charge on any atom is 0.343 e. The van der Waals surface area contributed by atoms with Gasteiger partial charge in [0.1, 0.15) is 23.0 Å². The number of rotatable bonds is 5. The van der Waals surface area contributed by atoms with Gasteiger partial charge in [-0.3, -0.25) is 4.99 Å². The summed E-state index contributed by atoms with van der Waals surface area (Å²) in [6.07, 6.45) is 0.756. The third kappa shape index (κ3) is 4.27. The smallest absolute Gasteiger partial charge is 0.343 e. The van der Waals surface area contributed by atoms with Crippen LogP contribution in [0.1, 0.15) is 12.5 Å². The summed E-state index contributed by atoms with van der Waals surface area (Å²) >= 11 is 0. The monoisotopic (exact) mass is 367 g/mol. The van der Waals surface area contributed by atoms with Crippen molar-refractivity contribution in [1.29, 1.82) is 0 Å². The second-order valence-electron chi connectivity index (χ2n) is 4.94. The third-order valence-corrected chi connectivity index (χ3v) is 3.20. The van der Waals surface area contributed by atoms with Crippen molar-refractivity contribution in [2.45, 2.75) is 6.92 Å². The van der Waals surface area contributed by atoms with Crippen molar-refractivity contribution in [2.75, 3.05) is 6.61 Å². The van der Waals surface area contributed by atoms with Crippen LogP contribution in [0.3, 0.4) is 0 Å². The summed E-state index contributed by atoms with van der Waals surface area (Å²) in [5.41, 5.74) is -1.58. The lowest BCUT2D eigenvalue weighted by molar-refractivity contribution is -0.137. The highest BCUT2D eigenvalue weighted by molar-refractivity contribution is 6.15. The van der Waals surface area contributed by atoms with E-state index in [0.29, 0.717) is 6.07 Å². The van der Waals surface area contributed by atoms with E-state index in [1.54, 1.807) is 0 Å². The second kappa shape index (κ2) is 8.28. The first-order valence-corrected chi connectivity index (χ1v) is 7.39. The van der Waals surface area contributed by atoms with E-state index in [4.69, 9.17) is 4.74 Å². The van der Waals surface area contributed by atoms with Crippen molar-refractivity contribution in [1.82, 2.24) is 0 Å². The van der Waals surface area contributed by atoms with Crippen molar-refractivity contribution in [3.05, 3.63) is 70.8 Å². The number of carbonyl (C=O) groups excluding carboxylic acids is 1. The minimum Gasteiger partial charge on any atom is -0.506 e. The molecule has 0 aliphatic heterocycles. The first-order chi connectivity index (χ1) is 12.3. The van der Waals surface area contributed by atoms with Gasteiger partial charge in [-0.15, -0.1) is 0 Å². The minimum atomic E-state index is -1.46. The van der Waals surface area contributed by atoms with Crippen LogP contribution in [0.4, 0.5) is 23.2 Å². The molecule has 0 heterocycles. The molecule has 0 saturated carbocycles. The largest absolute Gasteiger partial charge is 0.506 e. The number of hydrogen-bond acceptors (Lipinski definition) is 4. The molecule has 0 aromatic heterocycles. The van der Waals surface area contributed by atoms with Crippen LogP contribution in [0.2, 0.25) is 0 Å². The van der Waals surface area contributed by atoms with Gasteiger partial charge in [0.15, 0.2) is 11.6 Å². The molecule has 0 saturated heterocycles. The molecule has 0 aliphatic rings. The number of aliphatic hydroxyl groups is 1. The van der Waals surface area contributed by atoms with E-state index in [1.165, 1.54) is 25.1 Å². The average Bonchev–Trinajstić information content (AvgIpc) is 2.60. The summed E-state index contributed by atoms with van der Waals surface area (Å²) in [5.74, 6) is -7.03. The maximum atomic E-state index is 13.9. The number of aliphatic hydroxyl groups excluding tert-OH is 1. The Bertz CT molecular complexity index is 894. The number of hydrogen-bond donors (Lipinski definition) is 1. The Labute approximate surface area is 146 Å². The summed E-state index contributed by atoms with van der Waals surface area (Å²) < 4.78 is 58.6. The van der Waals surface area contributed by atoms with Crippen LogP contribution >= 0.6 is 0 Å². The molecule has 1 N–H and O–H groups in total. The van der Waals surface area contributed by atoms with Gasteiger partial charge in [-0.2, -0.15) is 0 Å². The fourth-order valence-corrected chi connectivity index (χ4v) is 1.96. The van der Waals surface area contributed by atoms with E-state index in [9.17, 15) is 27.5 Å². The Morgan fingerprint density at radius 3 is 2.38 bits per heavy atom. The molecule has 0 spiro atoms. The van der Waals surface area contributed by atoms with E-state index in [1.807, 2.05) is 0 Å². The van der Waals surface area contributed by atoms with Crippen LogP contribution in [-0.2, 0) is 9.53 Å². The molecule has 2 rings (SSSR count). The Morgan fingerprint density at radius 2 is 1.73 bits per heavy atom. The number of aliphatic imine (C=N–C) groups is 1. The van der Waals surface area contributed by atoms with Crippen LogP contribution in [0.15, 0.2) is 47.0 Å². The molecular formula is C18H13F4NO3. The van der Waals surface area contributed by atoms with Gasteiger partial charge in [-0.05, 0) is 25.1 Å². The van der Waals surface area contributed by atoms with E-state index in [0.717, 1.165) is 12.3 Å². The van der Waals surface area contributed by atoms with E-state index in [2.05, 4.69) is 4.99 Å². The Balaban J connectivity index is 2.56. The number of para-hydroxylation sites is 1. The van der Waals surface area contributed by atoms with Gasteiger partial charge in [0.2, 0.25) is 0 Å². The molecule has 0 radical (unpaired) electrons. The van der Waals surface area contributed by atoms with Gasteiger partial charge in [-0.25, -0.2) is 22.4 Å². The van der Waals surface area contributed by atoms with Crippen molar-refractivity contribution in [2.24, 2.45) is 4.99 Å². The highest BCUT2D eigenvalue weighted by Gasteiger charge is 2.21. The molecular weight excluding hydrogens is 354 g/mol. The predicted octanol–water partition coefficient (Wildman–Crippen LogP) is 4.48. The van der Waals surface area contributed by atoms with E-state index >= 15 is 0 Å². The number of halogens is 4. The molecule has 2 aromatic carbocycles. The number of carbonyl (C=O) groups is 1. The molecule has 0 bridgehead atoms. The Kier molecular flexibility index (Phi) is 6.11. The van der Waals surface area contributed by atoms with Crippen molar-refractivity contribution >= 4 is 23.6 Å². The van der Waals surface area contributed by atoms with Gasteiger partial charge >= 0.3 is 5.97 Å². The fraction of sp³-hybridized carbons (Fsp3) is 0.111. The molecule has 2 aromatic rings. The summed E-state index contributed by atoms with van der Waals surface area (Å²) in [6.45, 7) is 1.40. The first-order valence-electron chi connectivity index (χ1n) is 7.39. The van der Waals surface area contributed by atoms with Crippen LogP contribution in [0, 0.1) is 23.3 Å². The zero-order valence-corrected chi connectivity index (χ0v) is 13.5. The van der Waals surface area contributed by atoms with E-state index < -0.39 is 46.1 Å². The second-order valence-corrected chi connectivity index (χ2v) is 4.94. The standard InChI is InChI=1S/C18H13F4NO3/c1-2-26-18(25)11(9-23-16-6-4-3-5-12(16)19)17(24)10-7-14(21)15(22)8-13(10)20/h3-9,24H,2H2,1H3/b17-11+,23-9?. The van der Waals surface area contributed by atoms with Gasteiger partial charge in [0.25, 0.3) is 0 Å². The molecule has 0 atom stereocenters. The lowest BCUT2D eigenvalue weighted by Crippen LogP contribution is -2.12. The summed E-state index contributed by atoms with van der Waals surface area (Å²) in [7, 11) is 0. The molecule has 26 heavy (non-hydrogen) atoms. The lowest BCUT2D eigenvalue weighted by atomic mass is 10.1. The van der Waals surface area contributed by atoms with Crippen molar-refractivity contribution in [3.63, 3.8) is 0 Å². The summed E-state index contributed by atoms with van der Waals surface area (Å²) in [5, 5.41) is 10.2. The maximum absolute atomic E-state index is 13.9. The molecule has 0 fully saturated rings. The zero-order chi connectivity index (χ0) is 19.3. The molecule has 0 amide bonds. The Hall–Kier alpha value is -3.16. The quantitative estimate of drug-likeness (QED) is 0.212. The van der Waals surface area contributed by atoms with Crippen LogP contribution in [0.25, 0.3) is 5.76 Å². The van der Waals surface area contributed by atoms with Gasteiger partial charge in [-0.1, -0.05) is 12.1 Å². The van der Waals surface area contributed by atoms with Crippen molar-refractivity contribution in [3.8, 4) is 0 Å². The highest BCUT2D eigenvalue weighted by Crippen LogP contribution is 2.23. The van der Waals surface area contributed by atoms with Gasteiger partial charge < -0.3 is 9.84 Å². The van der Waals surface area contributed by atoms with E-state index in [-0.39, 0.29) is 18.4 Å². The number of esters is 1. The van der Waals surface area contributed by atoms with Crippen LogP contribution in [0.5, 0.6) is 0 Å². The lowest BCUT2D eigenvalue weighted by Gasteiger charge is -2.08. The fourth-order valence-electron chi connectivity index (χ4n) is 1.96. The van der Waals surface area contributed by atoms with Gasteiger partial charge in [0.05, 0.1) is 17.9 Å². The average molecular weight is 367 g/mol. The predicted molar refractivity (Wildman–Crippen MR) is 87.0 cm³/mol. The SMILES string of the molecule is CCOC(=O)/C(C=Nc1ccccc1F)=C(/O)c1cc(F)c(F)cc1F. The zero-order valence-electron chi connectivity index (χ0n) is 13.5. The molecule has 8 heteroatoms. The van der Waals surface area contributed by atoms with Crippen molar-refractivity contribution < 1.29 is 32.2 Å². The summed E-state index contributed by atoms with van der Waals surface area (Å²) in [4.78, 5) is 15.7. The Morgan fingerprint density at radius 1 is 1.08 bits per heavy atom. The molecule has 4 nitrogen and oxygen atoms in total. The third-order valence-electron chi connectivity index (χ3n) is 3.20. The minimum absolute atomic E-state index is 0.0799. The number of ether oxygens (including phenoxy) is 1. The highest BCUT2D eigenvalue weighted by atomic mass is 19.2. The van der Waals surface area contributed by atoms with Crippen LogP contribution < -0.4 is 0 Å². The topological polar surface area (TPSA) is 58.9 Å². The summed E-state index contributed by atoms with van der Waals surface area (Å²) in [6, 6.07) is 5.93. The normalized spacial score (nSPS) is 12.2. The molecule has 136 valence electrons. The van der Waals surface area contributed by atoms with Crippen LogP contribution in [-0.4, -0.2) is 23.9 Å². The number of nitrogens with zero attached hydrogens (tertiary/aromatic N) is 1. The molecule has 0 aliphatic carbocycles. The number of benzene rings is 2. The molecule has 0 unspecified atom stereocenters. The van der Waals surface area contributed by atoms with Gasteiger partial charge in [0, 0.05) is 12.3 Å².